The second-order valence-electron chi connectivity index (χ2n) is 1.92. The molecule has 0 aromatic rings. The summed E-state index contributed by atoms with van der Waals surface area (Å²) in [5.74, 6) is 0. The third-order valence-electron chi connectivity index (χ3n) is 1.12. The van der Waals surface area contributed by atoms with Crippen LogP contribution >= 0.6 is 11.6 Å². The van der Waals surface area contributed by atoms with E-state index >= 15 is 0 Å². The van der Waals surface area contributed by atoms with Crippen LogP contribution in [0.3, 0.4) is 0 Å². The van der Waals surface area contributed by atoms with E-state index in [-0.39, 0.29) is 0 Å². The molecule has 0 saturated heterocycles. The smallest absolute Gasteiger partial charge is 0.0365 e. The molecular weight excluding hydrogens is 120 g/mol. The molecule has 43 valence electrons. The summed E-state index contributed by atoms with van der Waals surface area (Å²) in [6.45, 7) is 2.05. The predicted octanol–water partition coefficient (Wildman–Crippen LogP) is 2.66. The quantitative estimate of drug-likeness (QED) is 0.469. The topological polar surface area (TPSA) is 0 Å². The molecule has 0 amide bonds. The Balaban J connectivity index is 2.69. The minimum absolute atomic E-state index is 0.866. The highest BCUT2D eigenvalue weighted by atomic mass is 35.5. The molecule has 1 radical (unpaired) electrons. The van der Waals surface area contributed by atoms with E-state index in [2.05, 4.69) is 13.3 Å². The summed E-state index contributed by atoms with van der Waals surface area (Å²) < 4.78 is 0. The SMILES string of the molecule is CC1=CC(Cl)=CC[CH]1. The first-order chi connectivity index (χ1) is 3.79. The normalized spacial score (nSPS) is 19.8. The predicted molar refractivity (Wildman–Crippen MR) is 36.6 cm³/mol. The molecule has 1 aliphatic rings. The second-order valence-corrected chi connectivity index (χ2v) is 2.35. The molecule has 0 nitrogen and oxygen atoms in total. The van der Waals surface area contributed by atoms with E-state index in [9.17, 15) is 0 Å². The van der Waals surface area contributed by atoms with Crippen molar-refractivity contribution in [1.29, 1.82) is 0 Å². The van der Waals surface area contributed by atoms with Crippen molar-refractivity contribution in [2.75, 3.05) is 0 Å². The summed E-state index contributed by atoms with van der Waals surface area (Å²) in [4.78, 5) is 0. The molecule has 1 rings (SSSR count). The molecule has 0 heterocycles. The van der Waals surface area contributed by atoms with Gasteiger partial charge in [0.1, 0.15) is 0 Å². The van der Waals surface area contributed by atoms with Crippen LogP contribution in [-0.2, 0) is 0 Å². The van der Waals surface area contributed by atoms with Crippen LogP contribution in [0.15, 0.2) is 22.8 Å². The lowest BCUT2D eigenvalue weighted by molar-refractivity contribution is 1.17. The van der Waals surface area contributed by atoms with Gasteiger partial charge in [-0.2, -0.15) is 0 Å². The van der Waals surface area contributed by atoms with E-state index < -0.39 is 0 Å². The highest BCUT2D eigenvalue weighted by Crippen LogP contribution is 2.17. The van der Waals surface area contributed by atoms with Crippen molar-refractivity contribution in [2.24, 2.45) is 0 Å². The monoisotopic (exact) mass is 127 g/mol. The first-order valence-corrected chi connectivity index (χ1v) is 3.04. The van der Waals surface area contributed by atoms with Crippen LogP contribution in [0.25, 0.3) is 0 Å². The zero-order chi connectivity index (χ0) is 5.98. The Kier molecular flexibility index (Phi) is 1.74. The van der Waals surface area contributed by atoms with Crippen molar-refractivity contribution in [3.8, 4) is 0 Å². The molecule has 0 aliphatic heterocycles. The van der Waals surface area contributed by atoms with Gasteiger partial charge in [-0.05, 0) is 25.8 Å². The zero-order valence-corrected chi connectivity index (χ0v) is 5.57. The van der Waals surface area contributed by atoms with Gasteiger partial charge in [-0.15, -0.1) is 0 Å². The standard InChI is InChI=1S/C7H8Cl/c1-6-3-2-4-7(8)5-6/h3-5H,2H2,1H3. The average molecular weight is 128 g/mol. The van der Waals surface area contributed by atoms with E-state index in [0.29, 0.717) is 0 Å². The molecule has 0 saturated carbocycles. The van der Waals surface area contributed by atoms with Crippen molar-refractivity contribution in [2.45, 2.75) is 13.3 Å². The van der Waals surface area contributed by atoms with Gasteiger partial charge in [0.2, 0.25) is 0 Å². The maximum absolute atomic E-state index is 5.68. The highest BCUT2D eigenvalue weighted by Gasteiger charge is 1.96. The second kappa shape index (κ2) is 2.36. The molecule has 0 aromatic carbocycles. The molecule has 1 heteroatoms. The number of halogens is 1. The van der Waals surface area contributed by atoms with Crippen LogP contribution in [0.2, 0.25) is 0 Å². The molecule has 1 aliphatic carbocycles. The Morgan fingerprint density at radius 2 is 2.38 bits per heavy atom. The summed E-state index contributed by atoms with van der Waals surface area (Å²) in [6, 6.07) is 0. The number of rotatable bonds is 0. The molecule has 0 fully saturated rings. The van der Waals surface area contributed by atoms with Gasteiger partial charge in [0.25, 0.3) is 0 Å². The van der Waals surface area contributed by atoms with Crippen molar-refractivity contribution in [3.05, 3.63) is 29.2 Å². The Bertz CT molecular complexity index is 142. The van der Waals surface area contributed by atoms with Gasteiger partial charge in [-0.25, -0.2) is 0 Å². The summed E-state index contributed by atoms with van der Waals surface area (Å²) in [7, 11) is 0. The molecule has 0 atom stereocenters. The molecular formula is C7H8Cl. The minimum Gasteiger partial charge on any atom is -0.0847 e. The summed E-state index contributed by atoms with van der Waals surface area (Å²) in [6.07, 6.45) is 7.09. The molecule has 0 spiro atoms. The van der Waals surface area contributed by atoms with Gasteiger partial charge >= 0.3 is 0 Å². The van der Waals surface area contributed by atoms with Gasteiger partial charge < -0.3 is 0 Å². The van der Waals surface area contributed by atoms with Crippen molar-refractivity contribution in [1.82, 2.24) is 0 Å². The lowest BCUT2D eigenvalue weighted by atomic mass is 10.1. The van der Waals surface area contributed by atoms with Crippen molar-refractivity contribution < 1.29 is 0 Å². The van der Waals surface area contributed by atoms with Gasteiger partial charge in [-0.1, -0.05) is 23.3 Å². The van der Waals surface area contributed by atoms with Gasteiger partial charge in [0, 0.05) is 5.03 Å². The van der Waals surface area contributed by atoms with Crippen LogP contribution in [0.5, 0.6) is 0 Å². The molecule has 0 bridgehead atoms. The van der Waals surface area contributed by atoms with E-state index in [1.54, 1.807) is 0 Å². The maximum Gasteiger partial charge on any atom is 0.0365 e. The van der Waals surface area contributed by atoms with Gasteiger partial charge in [0.05, 0.1) is 0 Å². The van der Waals surface area contributed by atoms with Crippen LogP contribution in [0, 0.1) is 6.42 Å². The molecule has 8 heavy (non-hydrogen) atoms. The lowest BCUT2D eigenvalue weighted by Gasteiger charge is -2.02. The van der Waals surface area contributed by atoms with Crippen LogP contribution in [0.1, 0.15) is 13.3 Å². The Morgan fingerprint density at radius 3 is 2.75 bits per heavy atom. The third-order valence-corrected chi connectivity index (χ3v) is 1.38. The fourth-order valence-corrected chi connectivity index (χ4v) is 0.954. The number of hydrogen-bond donors (Lipinski definition) is 0. The largest absolute Gasteiger partial charge is 0.0847 e. The first-order valence-electron chi connectivity index (χ1n) is 2.66. The Morgan fingerprint density at radius 1 is 1.62 bits per heavy atom. The summed E-state index contributed by atoms with van der Waals surface area (Å²) in [5.41, 5.74) is 1.26. The van der Waals surface area contributed by atoms with Gasteiger partial charge in [0.15, 0.2) is 0 Å². The maximum atomic E-state index is 5.68. The van der Waals surface area contributed by atoms with Crippen molar-refractivity contribution >= 4 is 11.6 Å². The van der Waals surface area contributed by atoms with Crippen LogP contribution in [-0.4, -0.2) is 0 Å². The van der Waals surface area contributed by atoms with Crippen LogP contribution in [0.4, 0.5) is 0 Å². The lowest BCUT2D eigenvalue weighted by Crippen LogP contribution is -1.83. The third kappa shape index (κ3) is 1.38. The van der Waals surface area contributed by atoms with E-state index in [1.165, 1.54) is 5.57 Å². The number of allylic oxidation sites excluding steroid dienone is 4. The van der Waals surface area contributed by atoms with Crippen molar-refractivity contribution in [3.63, 3.8) is 0 Å². The average Bonchev–Trinajstić information content (AvgIpc) is 1.64. The van der Waals surface area contributed by atoms with E-state index in [0.717, 1.165) is 11.5 Å². The highest BCUT2D eigenvalue weighted by molar-refractivity contribution is 6.31. The first kappa shape index (κ1) is 5.90. The molecule has 0 N–H and O–H groups in total. The fraction of sp³-hybridized carbons (Fsp3) is 0.286. The Labute approximate surface area is 54.8 Å². The molecule has 0 unspecified atom stereocenters. The minimum atomic E-state index is 0.866. The Hall–Kier alpha value is -0.230. The van der Waals surface area contributed by atoms with Gasteiger partial charge in [-0.3, -0.25) is 0 Å². The summed E-state index contributed by atoms with van der Waals surface area (Å²) in [5, 5.41) is 0.866. The molecule has 0 aromatic heterocycles. The zero-order valence-electron chi connectivity index (χ0n) is 4.82. The fourth-order valence-electron chi connectivity index (χ4n) is 0.693. The van der Waals surface area contributed by atoms with E-state index in [1.807, 2.05) is 12.2 Å². The number of hydrogen-bond acceptors (Lipinski definition) is 0. The van der Waals surface area contributed by atoms with Crippen LogP contribution < -0.4 is 0 Å². The van der Waals surface area contributed by atoms with E-state index in [4.69, 9.17) is 11.6 Å². The summed E-state index contributed by atoms with van der Waals surface area (Å²) >= 11 is 5.68.